The number of amides is 1. The molecule has 0 aromatic carbocycles. The lowest BCUT2D eigenvalue weighted by Gasteiger charge is -2.01. The zero-order valence-electron chi connectivity index (χ0n) is 7.32. The van der Waals surface area contributed by atoms with Crippen LogP contribution < -0.4 is 5.32 Å². The van der Waals surface area contributed by atoms with Gasteiger partial charge in [-0.15, -0.1) is 0 Å². The third kappa shape index (κ3) is 4.20. The highest BCUT2D eigenvalue weighted by atomic mass is 16.5. The Morgan fingerprint density at radius 2 is 2.38 bits per heavy atom. The van der Waals surface area contributed by atoms with Crippen LogP contribution in [0.25, 0.3) is 0 Å². The minimum Gasteiger partial charge on any atom is -0.509 e. The van der Waals surface area contributed by atoms with E-state index in [1.54, 1.807) is 18.4 Å². The van der Waals surface area contributed by atoms with Crippen LogP contribution in [-0.4, -0.2) is 24.2 Å². The zero-order chi connectivity index (χ0) is 9.52. The summed E-state index contributed by atoms with van der Waals surface area (Å²) in [4.78, 5) is 10.1. The van der Waals surface area contributed by atoms with E-state index in [-0.39, 0.29) is 11.7 Å². The molecule has 0 spiro atoms. The highest BCUT2D eigenvalue weighted by Crippen LogP contribution is 1.96. The van der Waals surface area contributed by atoms with Gasteiger partial charge in [-0.3, -0.25) is 4.79 Å². The minimum absolute atomic E-state index is 0.204. The zero-order valence-corrected chi connectivity index (χ0v) is 7.32. The maximum absolute atomic E-state index is 10.1. The van der Waals surface area contributed by atoms with Crippen molar-refractivity contribution in [1.82, 2.24) is 5.32 Å². The highest BCUT2D eigenvalue weighted by Gasteiger charge is 2.05. The average Bonchev–Trinajstić information content (AvgIpc) is 2.58. The molecule has 1 fully saturated rings. The van der Waals surface area contributed by atoms with Gasteiger partial charge in [-0.2, -0.15) is 0 Å². The molecular formula is C9H13NO3. The van der Waals surface area contributed by atoms with Crippen LogP contribution in [0.4, 0.5) is 0 Å². The second-order valence-electron chi connectivity index (χ2n) is 2.75. The van der Waals surface area contributed by atoms with Gasteiger partial charge in [0.1, 0.15) is 12.4 Å². The van der Waals surface area contributed by atoms with Gasteiger partial charge < -0.3 is 15.2 Å². The second-order valence-corrected chi connectivity index (χ2v) is 2.75. The van der Waals surface area contributed by atoms with Crippen molar-refractivity contribution in [2.75, 3.05) is 13.2 Å². The van der Waals surface area contributed by atoms with E-state index in [0.717, 1.165) is 19.4 Å². The van der Waals surface area contributed by atoms with Gasteiger partial charge in [0, 0.05) is 13.0 Å². The Morgan fingerprint density at radius 1 is 1.54 bits per heavy atom. The van der Waals surface area contributed by atoms with E-state index < -0.39 is 0 Å². The summed E-state index contributed by atoms with van der Waals surface area (Å²) >= 11 is 0. The number of carbonyl (C=O) groups is 1. The van der Waals surface area contributed by atoms with Crippen molar-refractivity contribution in [3.8, 4) is 0 Å². The smallest absolute Gasteiger partial charge is 0.220 e. The van der Waals surface area contributed by atoms with Crippen molar-refractivity contribution >= 4 is 5.91 Å². The van der Waals surface area contributed by atoms with Crippen molar-refractivity contribution in [2.24, 2.45) is 0 Å². The maximum atomic E-state index is 10.1. The van der Waals surface area contributed by atoms with E-state index in [2.05, 4.69) is 10.1 Å². The summed E-state index contributed by atoms with van der Waals surface area (Å²) in [7, 11) is 0. The van der Waals surface area contributed by atoms with Crippen LogP contribution in [0.15, 0.2) is 24.2 Å². The monoisotopic (exact) mass is 183 g/mol. The number of aliphatic hydroxyl groups excluding tert-OH is 1. The number of hydrogen-bond donors (Lipinski definition) is 2. The fourth-order valence-corrected chi connectivity index (χ4v) is 0.953. The van der Waals surface area contributed by atoms with Crippen LogP contribution in [0.3, 0.4) is 0 Å². The number of aliphatic hydroxyl groups is 1. The molecule has 72 valence electrons. The molecule has 2 rings (SSSR count). The number of nitrogens with one attached hydrogen (secondary N) is 1. The van der Waals surface area contributed by atoms with Crippen LogP contribution in [0.2, 0.25) is 0 Å². The lowest BCUT2D eigenvalue weighted by Crippen LogP contribution is -2.12. The maximum Gasteiger partial charge on any atom is 0.220 e. The van der Waals surface area contributed by atoms with Crippen LogP contribution in [0.1, 0.15) is 12.8 Å². The molecule has 0 saturated carbocycles. The van der Waals surface area contributed by atoms with E-state index in [1.165, 1.54) is 0 Å². The highest BCUT2D eigenvalue weighted by molar-refractivity contribution is 5.77. The molecule has 1 saturated heterocycles. The quantitative estimate of drug-likeness (QED) is 0.585. The molecule has 1 amide bonds. The molecule has 4 nitrogen and oxygen atoms in total. The molecule has 0 aliphatic carbocycles. The summed E-state index contributed by atoms with van der Waals surface area (Å²) in [5.41, 5.74) is 0. The van der Waals surface area contributed by atoms with E-state index >= 15 is 0 Å². The standard InChI is InChI=1S/C5H6O2.C4H7NO/c6-5-2-1-3-7-4-5;6-4-2-1-3-5-4/h1-3,6H,4H2;1-3H2,(H,5,6). The first-order valence-corrected chi connectivity index (χ1v) is 4.22. The van der Waals surface area contributed by atoms with E-state index in [0.29, 0.717) is 6.61 Å². The van der Waals surface area contributed by atoms with Crippen molar-refractivity contribution in [1.29, 1.82) is 0 Å². The van der Waals surface area contributed by atoms with Crippen molar-refractivity contribution in [2.45, 2.75) is 12.8 Å². The molecule has 2 N–H and O–H groups in total. The van der Waals surface area contributed by atoms with Gasteiger partial charge in [-0.25, -0.2) is 0 Å². The fourth-order valence-electron chi connectivity index (χ4n) is 0.953. The molecule has 2 aliphatic rings. The third-order valence-corrected chi connectivity index (χ3v) is 1.60. The van der Waals surface area contributed by atoms with Crippen LogP contribution in [0.5, 0.6) is 0 Å². The molecule has 0 radical (unpaired) electrons. The first kappa shape index (κ1) is 9.64. The number of ether oxygens (including phenoxy) is 1. The SMILES string of the molecule is O=C1CCCN1.OC1=CC=COC1. The lowest BCUT2D eigenvalue weighted by molar-refractivity contribution is -0.119. The molecule has 0 atom stereocenters. The fraction of sp³-hybridized carbons (Fsp3) is 0.444. The Morgan fingerprint density at radius 3 is 2.62 bits per heavy atom. The van der Waals surface area contributed by atoms with Gasteiger partial charge >= 0.3 is 0 Å². The van der Waals surface area contributed by atoms with Crippen molar-refractivity contribution in [3.05, 3.63) is 24.2 Å². The normalized spacial score (nSPS) is 19.4. The van der Waals surface area contributed by atoms with E-state index in [1.807, 2.05) is 0 Å². The molecule has 13 heavy (non-hydrogen) atoms. The molecular weight excluding hydrogens is 170 g/mol. The Kier molecular flexibility index (Phi) is 3.88. The molecule has 2 heterocycles. The summed E-state index contributed by atoms with van der Waals surface area (Å²) in [6.45, 7) is 1.20. The van der Waals surface area contributed by atoms with Crippen molar-refractivity contribution < 1.29 is 14.6 Å². The summed E-state index contributed by atoms with van der Waals surface area (Å²) in [6.07, 6.45) is 6.56. The molecule has 0 bridgehead atoms. The summed E-state index contributed by atoms with van der Waals surface area (Å²) in [5.74, 6) is 0.484. The second kappa shape index (κ2) is 5.24. The summed E-state index contributed by atoms with van der Waals surface area (Å²) < 4.78 is 4.68. The summed E-state index contributed by atoms with van der Waals surface area (Å²) in [5, 5.41) is 11.3. The first-order valence-electron chi connectivity index (χ1n) is 4.22. The van der Waals surface area contributed by atoms with Crippen LogP contribution in [0, 0.1) is 0 Å². The average molecular weight is 183 g/mol. The third-order valence-electron chi connectivity index (χ3n) is 1.60. The molecule has 0 aromatic heterocycles. The Bertz CT molecular complexity index is 225. The van der Waals surface area contributed by atoms with E-state index in [4.69, 9.17) is 5.11 Å². The minimum atomic E-state index is 0.204. The number of hydrogen-bond acceptors (Lipinski definition) is 3. The topological polar surface area (TPSA) is 58.6 Å². The number of rotatable bonds is 0. The summed E-state index contributed by atoms with van der Waals surface area (Å²) in [6, 6.07) is 0. The van der Waals surface area contributed by atoms with Crippen molar-refractivity contribution in [3.63, 3.8) is 0 Å². The van der Waals surface area contributed by atoms with Gasteiger partial charge in [0.25, 0.3) is 0 Å². The molecule has 0 unspecified atom stereocenters. The number of allylic oxidation sites excluding steroid dienone is 2. The van der Waals surface area contributed by atoms with Crippen LogP contribution in [-0.2, 0) is 9.53 Å². The van der Waals surface area contributed by atoms with Gasteiger partial charge in [-0.05, 0) is 18.6 Å². The largest absolute Gasteiger partial charge is 0.509 e. The number of carbonyl (C=O) groups excluding carboxylic acids is 1. The molecule has 2 aliphatic heterocycles. The Labute approximate surface area is 76.9 Å². The first-order chi connectivity index (χ1) is 6.29. The van der Waals surface area contributed by atoms with Gasteiger partial charge in [0.05, 0.1) is 6.26 Å². The van der Waals surface area contributed by atoms with E-state index in [9.17, 15) is 4.79 Å². The predicted octanol–water partition coefficient (Wildman–Crippen LogP) is 0.869. The van der Waals surface area contributed by atoms with Gasteiger partial charge in [0.15, 0.2) is 0 Å². The van der Waals surface area contributed by atoms with Crippen LogP contribution >= 0.6 is 0 Å². The Hall–Kier alpha value is -1.45. The Balaban J connectivity index is 0.000000132. The molecule has 0 aromatic rings. The van der Waals surface area contributed by atoms with Gasteiger partial charge in [-0.1, -0.05) is 0 Å². The lowest BCUT2D eigenvalue weighted by atomic mass is 10.4. The molecule has 4 heteroatoms. The van der Waals surface area contributed by atoms with Gasteiger partial charge in [0.2, 0.25) is 5.91 Å². The predicted molar refractivity (Wildman–Crippen MR) is 48.0 cm³/mol.